The summed E-state index contributed by atoms with van der Waals surface area (Å²) in [6.07, 6.45) is 0.987. The van der Waals surface area contributed by atoms with Crippen molar-refractivity contribution in [2.75, 3.05) is 6.54 Å². The second kappa shape index (κ2) is 4.83. The second-order valence-corrected chi connectivity index (χ2v) is 6.19. The van der Waals surface area contributed by atoms with Gasteiger partial charge in [-0.2, -0.15) is 0 Å². The van der Waals surface area contributed by atoms with Crippen LogP contribution in [0.25, 0.3) is 0 Å². The number of rotatable bonds is 4. The van der Waals surface area contributed by atoms with Gasteiger partial charge >= 0.3 is 0 Å². The SMILES string of the molecule is C=C(Br)CNCc1cccc2c1OC(C)(C)C2. The van der Waals surface area contributed by atoms with E-state index in [1.807, 2.05) is 0 Å². The van der Waals surface area contributed by atoms with Gasteiger partial charge in [-0.3, -0.25) is 0 Å². The van der Waals surface area contributed by atoms with Crippen LogP contribution < -0.4 is 10.1 Å². The Labute approximate surface area is 111 Å². The monoisotopic (exact) mass is 295 g/mol. The van der Waals surface area contributed by atoms with E-state index in [4.69, 9.17) is 4.74 Å². The Morgan fingerprint density at radius 1 is 1.53 bits per heavy atom. The molecule has 1 aromatic carbocycles. The van der Waals surface area contributed by atoms with Crippen molar-refractivity contribution in [3.63, 3.8) is 0 Å². The van der Waals surface area contributed by atoms with Gasteiger partial charge in [0.1, 0.15) is 11.4 Å². The van der Waals surface area contributed by atoms with Gasteiger partial charge in [-0.05, 0) is 19.4 Å². The molecule has 0 aliphatic carbocycles. The predicted octanol–water partition coefficient (Wildman–Crippen LogP) is 3.40. The lowest BCUT2D eigenvalue weighted by molar-refractivity contribution is 0.137. The minimum absolute atomic E-state index is 0.0720. The quantitative estimate of drug-likeness (QED) is 0.919. The van der Waals surface area contributed by atoms with E-state index in [0.717, 1.165) is 29.7 Å². The zero-order valence-electron chi connectivity index (χ0n) is 10.3. The first-order valence-electron chi connectivity index (χ1n) is 5.82. The average molecular weight is 296 g/mol. The van der Waals surface area contributed by atoms with E-state index >= 15 is 0 Å². The van der Waals surface area contributed by atoms with Crippen molar-refractivity contribution in [2.45, 2.75) is 32.4 Å². The van der Waals surface area contributed by atoms with E-state index in [9.17, 15) is 0 Å². The summed E-state index contributed by atoms with van der Waals surface area (Å²) < 4.78 is 6.97. The van der Waals surface area contributed by atoms with E-state index < -0.39 is 0 Å². The summed E-state index contributed by atoms with van der Waals surface area (Å²) >= 11 is 3.34. The molecule has 0 bridgehead atoms. The van der Waals surface area contributed by atoms with Gasteiger partial charge in [0.25, 0.3) is 0 Å². The number of ether oxygens (including phenoxy) is 1. The smallest absolute Gasteiger partial charge is 0.127 e. The van der Waals surface area contributed by atoms with E-state index in [-0.39, 0.29) is 5.60 Å². The van der Waals surface area contributed by atoms with Crippen LogP contribution in [0.1, 0.15) is 25.0 Å². The van der Waals surface area contributed by atoms with Crippen LogP contribution in [0.15, 0.2) is 29.3 Å². The highest BCUT2D eigenvalue weighted by Crippen LogP contribution is 2.37. The fraction of sp³-hybridized carbons (Fsp3) is 0.429. The van der Waals surface area contributed by atoms with Gasteiger partial charge in [-0.15, -0.1) is 0 Å². The number of fused-ring (bicyclic) bond motifs is 1. The summed E-state index contributed by atoms with van der Waals surface area (Å²) in [7, 11) is 0. The van der Waals surface area contributed by atoms with Crippen LogP contribution in [0, 0.1) is 0 Å². The van der Waals surface area contributed by atoms with Gasteiger partial charge < -0.3 is 10.1 Å². The highest BCUT2D eigenvalue weighted by atomic mass is 79.9. The predicted molar refractivity (Wildman–Crippen MR) is 74.6 cm³/mol. The molecule has 0 radical (unpaired) electrons. The van der Waals surface area contributed by atoms with Crippen LogP contribution in [0.5, 0.6) is 5.75 Å². The van der Waals surface area contributed by atoms with Gasteiger partial charge in [0.15, 0.2) is 0 Å². The fourth-order valence-electron chi connectivity index (χ4n) is 2.15. The molecule has 0 fully saturated rings. The third-order valence-electron chi connectivity index (χ3n) is 2.80. The standard InChI is InChI=1S/C14H18BrNO/c1-10(15)8-16-9-12-6-4-5-11-7-14(2,3)17-13(11)12/h4-6,16H,1,7-9H2,2-3H3. The second-order valence-electron chi connectivity index (χ2n) is 5.06. The maximum absolute atomic E-state index is 6.01. The first kappa shape index (κ1) is 12.7. The molecule has 1 N–H and O–H groups in total. The highest BCUT2D eigenvalue weighted by molar-refractivity contribution is 9.11. The molecular formula is C14H18BrNO. The van der Waals surface area contributed by atoms with Crippen LogP contribution >= 0.6 is 15.9 Å². The van der Waals surface area contributed by atoms with Gasteiger partial charge in [-0.25, -0.2) is 0 Å². The average Bonchev–Trinajstić information content (AvgIpc) is 2.52. The molecule has 1 aliphatic heterocycles. The fourth-order valence-corrected chi connectivity index (χ4v) is 2.35. The minimum atomic E-state index is -0.0720. The minimum Gasteiger partial charge on any atom is -0.487 e. The number of nitrogens with one attached hydrogen (secondary N) is 1. The lowest BCUT2D eigenvalue weighted by atomic mass is 10.0. The van der Waals surface area contributed by atoms with Crippen LogP contribution in [0.4, 0.5) is 0 Å². The Bertz CT molecular complexity index is 440. The number of hydrogen-bond acceptors (Lipinski definition) is 2. The van der Waals surface area contributed by atoms with Crippen molar-refractivity contribution in [1.82, 2.24) is 5.32 Å². The Morgan fingerprint density at radius 2 is 2.29 bits per heavy atom. The molecule has 92 valence electrons. The van der Waals surface area contributed by atoms with Gasteiger partial charge in [0, 0.05) is 29.6 Å². The number of benzene rings is 1. The molecule has 17 heavy (non-hydrogen) atoms. The molecule has 0 aromatic heterocycles. The number of hydrogen-bond donors (Lipinski definition) is 1. The summed E-state index contributed by atoms with van der Waals surface area (Å²) in [6, 6.07) is 6.37. The van der Waals surface area contributed by atoms with Crippen LogP contribution in [0.2, 0.25) is 0 Å². The molecule has 2 rings (SSSR count). The molecule has 1 aromatic rings. The molecule has 0 spiro atoms. The molecule has 2 nitrogen and oxygen atoms in total. The van der Waals surface area contributed by atoms with Gasteiger partial charge in [0.2, 0.25) is 0 Å². The van der Waals surface area contributed by atoms with Crippen LogP contribution in [0.3, 0.4) is 0 Å². The lowest BCUT2D eigenvalue weighted by Crippen LogP contribution is -2.25. The van der Waals surface area contributed by atoms with Gasteiger partial charge in [-0.1, -0.05) is 40.7 Å². The third-order valence-corrected chi connectivity index (χ3v) is 3.09. The van der Waals surface area contributed by atoms with E-state index in [1.54, 1.807) is 0 Å². The normalized spacial score (nSPS) is 16.4. The Hall–Kier alpha value is -0.800. The molecule has 0 saturated carbocycles. The van der Waals surface area contributed by atoms with Crippen molar-refractivity contribution in [3.05, 3.63) is 40.4 Å². The molecule has 0 unspecified atom stereocenters. The molecule has 1 heterocycles. The van der Waals surface area contributed by atoms with Crippen molar-refractivity contribution >= 4 is 15.9 Å². The Balaban J connectivity index is 2.10. The summed E-state index contributed by atoms with van der Waals surface area (Å²) in [4.78, 5) is 0. The summed E-state index contributed by atoms with van der Waals surface area (Å²) in [6.45, 7) is 9.64. The summed E-state index contributed by atoms with van der Waals surface area (Å²) in [5, 5.41) is 3.33. The highest BCUT2D eigenvalue weighted by Gasteiger charge is 2.31. The van der Waals surface area contributed by atoms with Crippen molar-refractivity contribution in [2.24, 2.45) is 0 Å². The van der Waals surface area contributed by atoms with Crippen molar-refractivity contribution in [1.29, 1.82) is 0 Å². The first-order valence-corrected chi connectivity index (χ1v) is 6.61. The zero-order valence-corrected chi connectivity index (χ0v) is 11.9. The maximum atomic E-state index is 6.01. The Morgan fingerprint density at radius 3 is 3.00 bits per heavy atom. The van der Waals surface area contributed by atoms with Gasteiger partial charge in [0.05, 0.1) is 0 Å². The molecule has 1 aliphatic rings. The summed E-state index contributed by atoms with van der Waals surface area (Å²) in [5.41, 5.74) is 2.46. The number of para-hydroxylation sites is 1. The van der Waals surface area contributed by atoms with Crippen molar-refractivity contribution < 1.29 is 4.74 Å². The largest absolute Gasteiger partial charge is 0.487 e. The Kier molecular flexibility index (Phi) is 3.59. The first-order chi connectivity index (χ1) is 7.98. The van der Waals surface area contributed by atoms with E-state index in [0.29, 0.717) is 0 Å². The molecule has 3 heteroatoms. The lowest BCUT2D eigenvalue weighted by Gasteiger charge is -2.18. The molecule has 0 saturated heterocycles. The topological polar surface area (TPSA) is 21.3 Å². The molecule has 0 atom stereocenters. The third kappa shape index (κ3) is 3.11. The van der Waals surface area contributed by atoms with Crippen molar-refractivity contribution in [3.8, 4) is 5.75 Å². The maximum Gasteiger partial charge on any atom is 0.127 e. The molecule has 0 amide bonds. The van der Waals surface area contributed by atoms with Crippen LogP contribution in [-0.4, -0.2) is 12.1 Å². The van der Waals surface area contributed by atoms with Crippen LogP contribution in [-0.2, 0) is 13.0 Å². The van der Waals surface area contributed by atoms with E-state index in [2.05, 4.69) is 59.9 Å². The number of halogens is 1. The van der Waals surface area contributed by atoms with E-state index in [1.165, 1.54) is 11.1 Å². The molecular weight excluding hydrogens is 278 g/mol. The summed E-state index contributed by atoms with van der Waals surface area (Å²) in [5.74, 6) is 1.06. The zero-order chi connectivity index (χ0) is 12.5.